The average Bonchev–Trinajstić information content (AvgIpc) is 3.47. The zero-order chi connectivity index (χ0) is 20.8. The number of carbonyl (C=O) groups excluding carboxylic acids is 2. The van der Waals surface area contributed by atoms with Crippen molar-refractivity contribution >= 4 is 23.2 Å². The maximum absolute atomic E-state index is 12.7. The lowest BCUT2D eigenvalue weighted by Gasteiger charge is -2.32. The summed E-state index contributed by atoms with van der Waals surface area (Å²) in [6, 6.07) is 12.5. The first-order chi connectivity index (χ1) is 14.7. The third kappa shape index (κ3) is 5.07. The van der Waals surface area contributed by atoms with Crippen LogP contribution in [0.1, 0.15) is 51.7 Å². The minimum absolute atomic E-state index is 0.139. The number of carbonyl (C=O) groups is 2. The summed E-state index contributed by atoms with van der Waals surface area (Å²) in [6.07, 6.45) is 5.10. The summed E-state index contributed by atoms with van der Waals surface area (Å²) in [5.41, 5.74) is 0.369. The van der Waals surface area contributed by atoms with Gasteiger partial charge >= 0.3 is 0 Å². The molecule has 2 N–H and O–H groups in total. The molecule has 156 valence electrons. The van der Waals surface area contributed by atoms with E-state index in [0.29, 0.717) is 12.3 Å². The van der Waals surface area contributed by atoms with Gasteiger partial charge in [0, 0.05) is 17.5 Å². The first-order valence-electron chi connectivity index (χ1n) is 9.96. The second-order valence-electron chi connectivity index (χ2n) is 7.15. The number of nitrogens with one attached hydrogen (secondary N) is 2. The summed E-state index contributed by atoms with van der Waals surface area (Å²) in [6.45, 7) is 0.313. The molecule has 1 fully saturated rings. The van der Waals surface area contributed by atoms with E-state index in [2.05, 4.69) is 15.6 Å². The highest BCUT2D eigenvalue weighted by Gasteiger charge is 2.29. The Morgan fingerprint density at radius 3 is 2.47 bits per heavy atom. The quantitative estimate of drug-likeness (QED) is 0.601. The molecule has 1 aromatic carbocycles. The number of aromatic nitrogens is 1. The lowest BCUT2D eigenvalue weighted by Crippen LogP contribution is -2.53. The molecule has 30 heavy (non-hydrogen) atoms. The third-order valence-corrected chi connectivity index (χ3v) is 5.86. The van der Waals surface area contributed by atoms with Crippen LogP contribution in [0.3, 0.4) is 0 Å². The van der Waals surface area contributed by atoms with E-state index >= 15 is 0 Å². The molecular weight excluding hydrogens is 402 g/mol. The molecule has 0 saturated heterocycles. The topological polar surface area (TPSA) is 93.5 Å². The molecule has 0 aliphatic heterocycles. The van der Waals surface area contributed by atoms with Gasteiger partial charge < -0.3 is 19.8 Å². The second-order valence-corrected chi connectivity index (χ2v) is 8.09. The Morgan fingerprint density at radius 2 is 1.77 bits per heavy atom. The summed E-state index contributed by atoms with van der Waals surface area (Å²) in [7, 11) is 0. The van der Waals surface area contributed by atoms with Gasteiger partial charge in [-0.1, -0.05) is 31.0 Å². The van der Waals surface area contributed by atoms with Crippen molar-refractivity contribution in [3.63, 3.8) is 0 Å². The fourth-order valence-corrected chi connectivity index (χ4v) is 4.19. The largest absolute Gasteiger partial charge is 0.486 e. The third-order valence-electron chi connectivity index (χ3n) is 5.03. The predicted molar refractivity (Wildman–Crippen MR) is 113 cm³/mol. The molecule has 2 heterocycles. The molecule has 1 aliphatic carbocycles. The van der Waals surface area contributed by atoms with Crippen LogP contribution in [-0.4, -0.2) is 28.9 Å². The number of ether oxygens (including phenoxy) is 1. The zero-order valence-corrected chi connectivity index (χ0v) is 17.2. The molecule has 4 rings (SSSR count). The van der Waals surface area contributed by atoms with Gasteiger partial charge in [-0.3, -0.25) is 9.59 Å². The van der Waals surface area contributed by atoms with Crippen molar-refractivity contribution in [2.24, 2.45) is 0 Å². The summed E-state index contributed by atoms with van der Waals surface area (Å²) >= 11 is 1.39. The number of rotatable bonds is 7. The molecule has 2 aromatic heterocycles. The van der Waals surface area contributed by atoms with E-state index in [4.69, 9.17) is 9.15 Å². The van der Waals surface area contributed by atoms with Gasteiger partial charge in [0.05, 0.1) is 6.26 Å². The molecule has 8 heteroatoms. The minimum atomic E-state index is -0.264. The fraction of sp³-hybridized carbons (Fsp3) is 0.318. The van der Waals surface area contributed by atoms with Crippen molar-refractivity contribution in [2.75, 3.05) is 0 Å². The van der Waals surface area contributed by atoms with E-state index in [9.17, 15) is 9.59 Å². The van der Waals surface area contributed by atoms with Crippen LogP contribution in [0.25, 0.3) is 0 Å². The Bertz CT molecular complexity index is 971. The molecule has 1 aliphatic rings. The molecule has 0 bridgehead atoms. The van der Waals surface area contributed by atoms with E-state index in [-0.39, 0.29) is 29.7 Å². The maximum Gasteiger partial charge on any atom is 0.287 e. The fourth-order valence-electron chi connectivity index (χ4n) is 3.51. The van der Waals surface area contributed by atoms with Crippen LogP contribution in [-0.2, 0) is 6.61 Å². The summed E-state index contributed by atoms with van der Waals surface area (Å²) in [4.78, 5) is 29.4. The van der Waals surface area contributed by atoms with Crippen molar-refractivity contribution < 1.29 is 18.7 Å². The highest BCUT2D eigenvalue weighted by atomic mass is 32.1. The van der Waals surface area contributed by atoms with Gasteiger partial charge in [-0.2, -0.15) is 0 Å². The average molecular weight is 426 g/mol. The van der Waals surface area contributed by atoms with E-state index in [0.717, 1.165) is 36.4 Å². The van der Waals surface area contributed by atoms with Crippen LogP contribution in [0, 0.1) is 0 Å². The number of thiazole rings is 1. The molecule has 0 spiro atoms. The molecular formula is C22H23N3O4S. The van der Waals surface area contributed by atoms with Crippen LogP contribution in [0.5, 0.6) is 5.75 Å². The highest BCUT2D eigenvalue weighted by molar-refractivity contribution is 7.09. The summed E-state index contributed by atoms with van der Waals surface area (Å²) < 4.78 is 10.9. The molecule has 1 saturated carbocycles. The Balaban J connectivity index is 1.33. The minimum Gasteiger partial charge on any atom is -0.486 e. The Hall–Kier alpha value is -3.13. The van der Waals surface area contributed by atoms with Crippen molar-refractivity contribution in [1.29, 1.82) is 0 Å². The van der Waals surface area contributed by atoms with Gasteiger partial charge in [0.2, 0.25) is 0 Å². The smallest absolute Gasteiger partial charge is 0.287 e. The van der Waals surface area contributed by atoms with Gasteiger partial charge in [0.25, 0.3) is 11.8 Å². The molecule has 2 unspecified atom stereocenters. The molecule has 2 amide bonds. The number of hydrogen-bond acceptors (Lipinski definition) is 6. The summed E-state index contributed by atoms with van der Waals surface area (Å²) in [5, 5.41) is 8.49. The molecule has 2 atom stereocenters. The van der Waals surface area contributed by atoms with Crippen molar-refractivity contribution in [1.82, 2.24) is 15.6 Å². The first kappa shape index (κ1) is 20.2. The van der Waals surface area contributed by atoms with Crippen LogP contribution < -0.4 is 15.4 Å². The first-order valence-corrected chi connectivity index (χ1v) is 10.8. The van der Waals surface area contributed by atoms with Gasteiger partial charge in [-0.15, -0.1) is 11.3 Å². The van der Waals surface area contributed by atoms with Crippen LogP contribution in [0.4, 0.5) is 0 Å². The van der Waals surface area contributed by atoms with Crippen molar-refractivity contribution in [2.45, 2.75) is 44.4 Å². The standard InChI is InChI=1S/C22H23N3O4S/c26-21(18-14-30-20(23-18)13-29-15-7-2-1-3-8-15)24-16-9-4-5-10-17(16)25-22(27)19-11-6-12-28-19/h1-3,6-8,11-12,14,16-17H,4-5,9-10,13H2,(H,24,26)(H,25,27). The summed E-state index contributed by atoms with van der Waals surface area (Å²) in [5.74, 6) is 0.533. The van der Waals surface area contributed by atoms with Crippen molar-refractivity contribution in [3.05, 3.63) is 70.6 Å². The van der Waals surface area contributed by atoms with Gasteiger partial charge in [0.1, 0.15) is 23.1 Å². The Kier molecular flexibility index (Phi) is 6.44. The normalized spacial score (nSPS) is 18.5. The number of amides is 2. The zero-order valence-electron chi connectivity index (χ0n) is 16.4. The van der Waals surface area contributed by atoms with Crippen molar-refractivity contribution in [3.8, 4) is 5.75 Å². The maximum atomic E-state index is 12.7. The highest BCUT2D eigenvalue weighted by Crippen LogP contribution is 2.20. The van der Waals surface area contributed by atoms with Crippen LogP contribution in [0.15, 0.2) is 58.5 Å². The number of hydrogen-bond donors (Lipinski definition) is 2. The predicted octanol–water partition coefficient (Wildman–Crippen LogP) is 3.79. The molecule has 7 nitrogen and oxygen atoms in total. The lowest BCUT2D eigenvalue weighted by molar-refractivity contribution is 0.0845. The number of nitrogens with zero attached hydrogens (tertiary/aromatic N) is 1. The van der Waals surface area contributed by atoms with Crippen LogP contribution in [0.2, 0.25) is 0 Å². The van der Waals surface area contributed by atoms with Gasteiger partial charge in [-0.25, -0.2) is 4.98 Å². The van der Waals surface area contributed by atoms with E-state index in [1.54, 1.807) is 17.5 Å². The lowest BCUT2D eigenvalue weighted by atomic mass is 9.90. The van der Waals surface area contributed by atoms with E-state index in [1.807, 2.05) is 30.3 Å². The SMILES string of the molecule is O=C(NC1CCCCC1NC(=O)c1ccco1)c1csc(COc2ccccc2)n1. The number of para-hydroxylation sites is 1. The Labute approximate surface area is 178 Å². The van der Waals surface area contributed by atoms with Gasteiger partial charge in [-0.05, 0) is 37.1 Å². The number of furan rings is 1. The molecule has 0 radical (unpaired) electrons. The van der Waals surface area contributed by atoms with Gasteiger partial charge in [0.15, 0.2) is 5.76 Å². The number of benzene rings is 1. The van der Waals surface area contributed by atoms with E-state index < -0.39 is 0 Å². The molecule has 3 aromatic rings. The second kappa shape index (κ2) is 9.58. The monoisotopic (exact) mass is 425 g/mol. The van der Waals surface area contributed by atoms with Crippen LogP contribution >= 0.6 is 11.3 Å². The Morgan fingerprint density at radius 1 is 1.03 bits per heavy atom. The van der Waals surface area contributed by atoms with E-state index in [1.165, 1.54) is 17.6 Å².